The van der Waals surface area contributed by atoms with Crippen molar-refractivity contribution in [3.8, 4) is 0 Å². The molecule has 110 valence electrons. The summed E-state index contributed by atoms with van der Waals surface area (Å²) in [5.74, 6) is 0. The summed E-state index contributed by atoms with van der Waals surface area (Å²) in [6.45, 7) is 6.34. The third-order valence-electron chi connectivity index (χ3n) is 4.89. The summed E-state index contributed by atoms with van der Waals surface area (Å²) in [6, 6.07) is 11.5. The van der Waals surface area contributed by atoms with E-state index in [0.717, 1.165) is 12.5 Å². The van der Waals surface area contributed by atoms with Gasteiger partial charge in [-0.25, -0.2) is 0 Å². The summed E-state index contributed by atoms with van der Waals surface area (Å²) in [6.07, 6.45) is 5.11. The van der Waals surface area contributed by atoms with Crippen molar-refractivity contribution in [3.05, 3.63) is 35.9 Å². The fourth-order valence-corrected chi connectivity index (χ4v) is 3.66. The van der Waals surface area contributed by atoms with Crippen LogP contribution in [0.4, 0.5) is 0 Å². The minimum Gasteiger partial charge on any atom is -0.324 e. The van der Waals surface area contributed by atoms with Crippen molar-refractivity contribution >= 4 is 0 Å². The third kappa shape index (κ3) is 3.40. The Hall–Kier alpha value is -0.900. The minimum absolute atomic E-state index is 0.198. The summed E-state index contributed by atoms with van der Waals surface area (Å²) in [5.41, 5.74) is 7.54. The van der Waals surface area contributed by atoms with Crippen LogP contribution in [-0.4, -0.2) is 48.6 Å². The Kier molecular flexibility index (Phi) is 4.71. The number of hydrogen-bond acceptors (Lipinski definition) is 3. The van der Waals surface area contributed by atoms with Gasteiger partial charge >= 0.3 is 0 Å². The monoisotopic (exact) mass is 273 g/mol. The van der Waals surface area contributed by atoms with Crippen molar-refractivity contribution in [1.29, 1.82) is 0 Å². The Labute approximate surface area is 122 Å². The molecule has 1 aromatic carbocycles. The molecule has 2 heterocycles. The number of piperazine rings is 1. The van der Waals surface area contributed by atoms with Crippen LogP contribution in [0.15, 0.2) is 30.3 Å². The molecule has 0 aliphatic carbocycles. The molecule has 0 saturated carbocycles. The molecule has 20 heavy (non-hydrogen) atoms. The maximum Gasteiger partial charge on any atom is 0.0295 e. The molecule has 0 aromatic heterocycles. The Balaban J connectivity index is 1.39. The van der Waals surface area contributed by atoms with Crippen LogP contribution in [0.5, 0.6) is 0 Å². The third-order valence-corrected chi connectivity index (χ3v) is 4.89. The molecular formula is C17H27N3. The molecule has 3 heteroatoms. The molecule has 0 spiro atoms. The van der Waals surface area contributed by atoms with Gasteiger partial charge in [-0.3, -0.25) is 4.90 Å². The summed E-state index contributed by atoms with van der Waals surface area (Å²) >= 11 is 0. The number of nitrogens with two attached hydrogens (primary N) is 1. The van der Waals surface area contributed by atoms with Crippen molar-refractivity contribution in [1.82, 2.24) is 9.80 Å². The molecule has 2 aliphatic heterocycles. The van der Waals surface area contributed by atoms with Crippen LogP contribution in [0.2, 0.25) is 0 Å². The largest absolute Gasteiger partial charge is 0.324 e. The first kappa shape index (κ1) is 14.1. The van der Waals surface area contributed by atoms with E-state index in [1.165, 1.54) is 57.5 Å². The number of fused-ring (bicyclic) bond motifs is 1. The lowest BCUT2D eigenvalue weighted by Gasteiger charge is -2.37. The van der Waals surface area contributed by atoms with Crippen LogP contribution in [-0.2, 0) is 0 Å². The quantitative estimate of drug-likeness (QED) is 0.893. The second-order valence-electron chi connectivity index (χ2n) is 6.29. The van der Waals surface area contributed by atoms with Crippen LogP contribution in [0, 0.1) is 0 Å². The van der Waals surface area contributed by atoms with Gasteiger partial charge in [0.05, 0.1) is 0 Å². The zero-order chi connectivity index (χ0) is 13.8. The molecule has 3 rings (SSSR count). The first-order valence-electron chi connectivity index (χ1n) is 8.10. The maximum absolute atomic E-state index is 6.27. The second kappa shape index (κ2) is 6.70. The van der Waals surface area contributed by atoms with Crippen LogP contribution in [0.1, 0.15) is 37.3 Å². The summed E-state index contributed by atoms with van der Waals surface area (Å²) in [7, 11) is 0. The SMILES string of the molecule is NC(CCCN1CCN2CCCC2C1)c1ccccc1. The fraction of sp³-hybridized carbons (Fsp3) is 0.647. The predicted octanol–water partition coefficient (Wildman–Crippen LogP) is 2.25. The topological polar surface area (TPSA) is 32.5 Å². The molecule has 0 radical (unpaired) electrons. The number of nitrogens with zero attached hydrogens (tertiary/aromatic N) is 2. The van der Waals surface area contributed by atoms with Crippen molar-refractivity contribution in [2.24, 2.45) is 5.73 Å². The van der Waals surface area contributed by atoms with Gasteiger partial charge in [-0.1, -0.05) is 30.3 Å². The molecule has 0 amide bonds. The van der Waals surface area contributed by atoms with E-state index in [1.54, 1.807) is 0 Å². The Bertz CT molecular complexity index is 406. The van der Waals surface area contributed by atoms with E-state index in [2.05, 4.69) is 40.1 Å². The van der Waals surface area contributed by atoms with E-state index in [9.17, 15) is 0 Å². The van der Waals surface area contributed by atoms with Gasteiger partial charge in [-0.05, 0) is 44.3 Å². The van der Waals surface area contributed by atoms with Gasteiger partial charge in [0.2, 0.25) is 0 Å². The van der Waals surface area contributed by atoms with E-state index < -0.39 is 0 Å². The number of benzene rings is 1. The first-order chi connectivity index (χ1) is 9.83. The van der Waals surface area contributed by atoms with Crippen LogP contribution < -0.4 is 5.73 Å². The van der Waals surface area contributed by atoms with Gasteiger partial charge in [0, 0.05) is 31.7 Å². The lowest BCUT2D eigenvalue weighted by molar-refractivity contribution is 0.103. The van der Waals surface area contributed by atoms with Gasteiger partial charge in [0.15, 0.2) is 0 Å². The lowest BCUT2D eigenvalue weighted by Crippen LogP contribution is -2.50. The molecule has 2 atom stereocenters. The number of hydrogen-bond donors (Lipinski definition) is 1. The molecule has 2 unspecified atom stereocenters. The Morgan fingerprint density at radius 1 is 1.15 bits per heavy atom. The first-order valence-corrected chi connectivity index (χ1v) is 8.10. The average molecular weight is 273 g/mol. The second-order valence-corrected chi connectivity index (χ2v) is 6.29. The van der Waals surface area contributed by atoms with Gasteiger partial charge in [0.1, 0.15) is 0 Å². The zero-order valence-corrected chi connectivity index (χ0v) is 12.4. The summed E-state index contributed by atoms with van der Waals surface area (Å²) in [5, 5.41) is 0. The highest BCUT2D eigenvalue weighted by Crippen LogP contribution is 2.22. The molecule has 1 aromatic rings. The van der Waals surface area contributed by atoms with Gasteiger partial charge in [-0.2, -0.15) is 0 Å². The molecule has 2 fully saturated rings. The van der Waals surface area contributed by atoms with Crippen molar-refractivity contribution in [3.63, 3.8) is 0 Å². The standard InChI is InChI=1S/C17H27N3/c18-17(15-6-2-1-3-7-15)9-5-10-19-12-13-20-11-4-8-16(20)14-19/h1-3,6-7,16-17H,4-5,8-14,18H2. The van der Waals surface area contributed by atoms with Crippen LogP contribution in [0.3, 0.4) is 0 Å². The van der Waals surface area contributed by atoms with E-state index in [0.29, 0.717) is 0 Å². The van der Waals surface area contributed by atoms with Gasteiger partial charge < -0.3 is 10.6 Å². The molecule has 0 bridgehead atoms. The molecule has 2 saturated heterocycles. The summed E-state index contributed by atoms with van der Waals surface area (Å²) in [4.78, 5) is 5.32. The highest BCUT2D eigenvalue weighted by molar-refractivity contribution is 5.18. The van der Waals surface area contributed by atoms with Crippen molar-refractivity contribution in [2.75, 3.05) is 32.7 Å². The molecule has 2 aliphatic rings. The van der Waals surface area contributed by atoms with E-state index >= 15 is 0 Å². The van der Waals surface area contributed by atoms with E-state index in [-0.39, 0.29) is 6.04 Å². The van der Waals surface area contributed by atoms with Crippen molar-refractivity contribution < 1.29 is 0 Å². The highest BCUT2D eigenvalue weighted by Gasteiger charge is 2.29. The molecular weight excluding hydrogens is 246 g/mol. The van der Waals surface area contributed by atoms with Crippen LogP contribution in [0.25, 0.3) is 0 Å². The van der Waals surface area contributed by atoms with Crippen molar-refractivity contribution in [2.45, 2.75) is 37.8 Å². The molecule has 2 N–H and O–H groups in total. The predicted molar refractivity (Wildman–Crippen MR) is 83.6 cm³/mol. The Morgan fingerprint density at radius 3 is 2.85 bits per heavy atom. The normalized spacial score (nSPS) is 25.6. The number of rotatable bonds is 5. The minimum atomic E-state index is 0.198. The van der Waals surface area contributed by atoms with E-state index in [4.69, 9.17) is 5.73 Å². The Morgan fingerprint density at radius 2 is 2.00 bits per heavy atom. The lowest BCUT2D eigenvalue weighted by atomic mass is 10.0. The van der Waals surface area contributed by atoms with Crippen LogP contribution >= 0.6 is 0 Å². The average Bonchev–Trinajstić information content (AvgIpc) is 2.95. The van der Waals surface area contributed by atoms with Gasteiger partial charge in [0.25, 0.3) is 0 Å². The smallest absolute Gasteiger partial charge is 0.0295 e. The zero-order valence-electron chi connectivity index (χ0n) is 12.4. The summed E-state index contributed by atoms with van der Waals surface area (Å²) < 4.78 is 0. The fourth-order valence-electron chi connectivity index (χ4n) is 3.66. The molecule has 3 nitrogen and oxygen atoms in total. The highest BCUT2D eigenvalue weighted by atomic mass is 15.3. The maximum atomic E-state index is 6.27. The van der Waals surface area contributed by atoms with Gasteiger partial charge in [-0.15, -0.1) is 0 Å². The van der Waals surface area contributed by atoms with E-state index in [1.807, 2.05) is 0 Å².